The third-order valence-electron chi connectivity index (χ3n) is 3.42. The highest BCUT2D eigenvalue weighted by Crippen LogP contribution is 2.11. The maximum atomic E-state index is 5.16. The maximum absolute atomic E-state index is 5.16. The number of nitrogens with two attached hydrogens (primary N) is 1. The Hall–Kier alpha value is -1.80. The standard InChI is InChI=1S/C17H21NO/c1-14-5-3-4-6-16(14)13-18-12-11-15-7-9-17(19-2)10-8-15/h3-10,18H,11-13H2,1-2H3/p+1. The van der Waals surface area contributed by atoms with Gasteiger partial charge < -0.3 is 10.1 Å². The first-order valence-electron chi connectivity index (χ1n) is 6.78. The molecule has 2 N–H and O–H groups in total. The molecule has 0 heterocycles. The number of methoxy groups -OCH3 is 1. The summed E-state index contributed by atoms with van der Waals surface area (Å²) >= 11 is 0. The van der Waals surface area contributed by atoms with E-state index in [2.05, 4.69) is 48.6 Å². The third kappa shape index (κ3) is 4.11. The molecule has 0 bridgehead atoms. The van der Waals surface area contributed by atoms with Crippen LogP contribution < -0.4 is 10.1 Å². The first-order valence-corrected chi connectivity index (χ1v) is 6.78. The second-order valence-electron chi connectivity index (χ2n) is 4.81. The molecule has 0 aromatic heterocycles. The van der Waals surface area contributed by atoms with Crippen molar-refractivity contribution in [3.8, 4) is 5.75 Å². The lowest BCUT2D eigenvalue weighted by Crippen LogP contribution is -2.83. The minimum Gasteiger partial charge on any atom is -0.497 e. The van der Waals surface area contributed by atoms with Crippen molar-refractivity contribution >= 4 is 0 Å². The second kappa shape index (κ2) is 6.95. The fourth-order valence-corrected chi connectivity index (χ4v) is 2.16. The van der Waals surface area contributed by atoms with Gasteiger partial charge in [-0.3, -0.25) is 0 Å². The SMILES string of the molecule is COc1ccc(CC[NH2+]Cc2ccccc2C)cc1. The highest BCUT2D eigenvalue weighted by atomic mass is 16.5. The van der Waals surface area contributed by atoms with Crippen molar-refractivity contribution in [1.82, 2.24) is 0 Å². The predicted octanol–water partition coefficient (Wildman–Crippen LogP) is 2.31. The molecule has 2 heteroatoms. The van der Waals surface area contributed by atoms with Crippen LogP contribution in [-0.4, -0.2) is 13.7 Å². The van der Waals surface area contributed by atoms with Crippen molar-refractivity contribution in [2.45, 2.75) is 19.9 Å². The van der Waals surface area contributed by atoms with Crippen molar-refractivity contribution in [3.63, 3.8) is 0 Å². The Morgan fingerprint density at radius 1 is 1.00 bits per heavy atom. The molecule has 2 aromatic rings. The van der Waals surface area contributed by atoms with E-state index in [-0.39, 0.29) is 0 Å². The van der Waals surface area contributed by atoms with E-state index < -0.39 is 0 Å². The Kier molecular flexibility index (Phi) is 4.99. The van der Waals surface area contributed by atoms with E-state index in [4.69, 9.17) is 4.74 Å². The van der Waals surface area contributed by atoms with Gasteiger partial charge in [-0.1, -0.05) is 36.4 Å². The smallest absolute Gasteiger partial charge is 0.118 e. The molecule has 2 rings (SSSR count). The van der Waals surface area contributed by atoms with Gasteiger partial charge in [0.05, 0.1) is 13.7 Å². The van der Waals surface area contributed by atoms with Crippen LogP contribution in [0, 0.1) is 6.92 Å². The van der Waals surface area contributed by atoms with Crippen LogP contribution in [-0.2, 0) is 13.0 Å². The zero-order valence-electron chi connectivity index (χ0n) is 11.7. The number of benzene rings is 2. The summed E-state index contributed by atoms with van der Waals surface area (Å²) in [7, 11) is 1.70. The molecule has 0 fully saturated rings. The van der Waals surface area contributed by atoms with Crippen LogP contribution in [0.25, 0.3) is 0 Å². The molecule has 0 amide bonds. The van der Waals surface area contributed by atoms with Gasteiger partial charge in [0.2, 0.25) is 0 Å². The van der Waals surface area contributed by atoms with Crippen molar-refractivity contribution in [2.75, 3.05) is 13.7 Å². The van der Waals surface area contributed by atoms with E-state index in [1.165, 1.54) is 16.7 Å². The molecule has 2 aromatic carbocycles. The van der Waals surface area contributed by atoms with Crippen molar-refractivity contribution in [3.05, 3.63) is 65.2 Å². The molecule has 0 spiro atoms. The molecule has 0 aliphatic rings. The monoisotopic (exact) mass is 256 g/mol. The lowest BCUT2D eigenvalue weighted by atomic mass is 10.1. The molecule has 0 aliphatic heterocycles. The summed E-state index contributed by atoms with van der Waals surface area (Å²) in [5.41, 5.74) is 4.17. The zero-order chi connectivity index (χ0) is 13.5. The largest absolute Gasteiger partial charge is 0.497 e. The molecule has 19 heavy (non-hydrogen) atoms. The Morgan fingerprint density at radius 2 is 1.74 bits per heavy atom. The summed E-state index contributed by atoms with van der Waals surface area (Å²) in [5.74, 6) is 0.924. The fraction of sp³-hybridized carbons (Fsp3) is 0.294. The summed E-state index contributed by atoms with van der Waals surface area (Å²) in [6.07, 6.45) is 1.09. The molecule has 0 radical (unpaired) electrons. The highest BCUT2D eigenvalue weighted by molar-refractivity contribution is 5.27. The van der Waals surface area contributed by atoms with Crippen LogP contribution in [0.2, 0.25) is 0 Å². The van der Waals surface area contributed by atoms with Crippen molar-refractivity contribution in [1.29, 1.82) is 0 Å². The van der Waals surface area contributed by atoms with Crippen LogP contribution in [0.15, 0.2) is 48.5 Å². The van der Waals surface area contributed by atoms with Gasteiger partial charge in [0, 0.05) is 12.0 Å². The molecule has 0 aliphatic carbocycles. The van der Waals surface area contributed by atoms with E-state index in [0.717, 1.165) is 25.3 Å². The van der Waals surface area contributed by atoms with Crippen LogP contribution in [0.1, 0.15) is 16.7 Å². The number of rotatable bonds is 6. The number of ether oxygens (including phenoxy) is 1. The van der Waals surface area contributed by atoms with Gasteiger partial charge in [0.15, 0.2) is 0 Å². The van der Waals surface area contributed by atoms with Gasteiger partial charge in [-0.15, -0.1) is 0 Å². The van der Waals surface area contributed by atoms with Gasteiger partial charge in [0.25, 0.3) is 0 Å². The van der Waals surface area contributed by atoms with Crippen molar-refractivity contribution < 1.29 is 10.1 Å². The van der Waals surface area contributed by atoms with Crippen LogP contribution in [0.3, 0.4) is 0 Å². The molecular formula is C17H22NO+. The molecule has 0 saturated heterocycles. The summed E-state index contributed by atoms with van der Waals surface area (Å²) in [5, 5.41) is 2.37. The average Bonchev–Trinajstić information content (AvgIpc) is 2.46. The van der Waals surface area contributed by atoms with Crippen LogP contribution in [0.4, 0.5) is 0 Å². The Balaban J connectivity index is 1.76. The highest BCUT2D eigenvalue weighted by Gasteiger charge is 2.00. The Labute approximate surface area is 115 Å². The number of hydrogen-bond acceptors (Lipinski definition) is 1. The number of quaternary nitrogens is 1. The summed E-state index contributed by atoms with van der Waals surface area (Å²) in [6.45, 7) is 4.34. The summed E-state index contributed by atoms with van der Waals surface area (Å²) in [6, 6.07) is 16.9. The minimum atomic E-state index is 0.924. The summed E-state index contributed by atoms with van der Waals surface area (Å²) < 4.78 is 5.16. The lowest BCUT2D eigenvalue weighted by molar-refractivity contribution is -0.670. The summed E-state index contributed by atoms with van der Waals surface area (Å²) in [4.78, 5) is 0. The molecule has 100 valence electrons. The van der Waals surface area contributed by atoms with Gasteiger partial charge >= 0.3 is 0 Å². The predicted molar refractivity (Wildman–Crippen MR) is 78.4 cm³/mol. The normalized spacial score (nSPS) is 10.4. The Bertz CT molecular complexity index is 505. The molecule has 2 nitrogen and oxygen atoms in total. The fourth-order valence-electron chi connectivity index (χ4n) is 2.16. The molecule has 0 saturated carbocycles. The first-order chi connectivity index (χ1) is 9.29. The molecular weight excluding hydrogens is 234 g/mol. The topological polar surface area (TPSA) is 25.8 Å². The Morgan fingerprint density at radius 3 is 2.42 bits per heavy atom. The lowest BCUT2D eigenvalue weighted by Gasteiger charge is -2.05. The van der Waals surface area contributed by atoms with E-state index >= 15 is 0 Å². The average molecular weight is 256 g/mol. The second-order valence-corrected chi connectivity index (χ2v) is 4.81. The number of aryl methyl sites for hydroxylation is 1. The van der Waals surface area contributed by atoms with E-state index in [9.17, 15) is 0 Å². The third-order valence-corrected chi connectivity index (χ3v) is 3.42. The number of hydrogen-bond donors (Lipinski definition) is 1. The van der Waals surface area contributed by atoms with Crippen molar-refractivity contribution in [2.24, 2.45) is 0 Å². The minimum absolute atomic E-state index is 0.924. The quantitative estimate of drug-likeness (QED) is 0.789. The zero-order valence-corrected chi connectivity index (χ0v) is 11.7. The van der Waals surface area contributed by atoms with Gasteiger partial charge in [0.1, 0.15) is 12.3 Å². The molecule has 0 atom stereocenters. The molecule has 0 unspecified atom stereocenters. The van der Waals surface area contributed by atoms with Gasteiger partial charge in [-0.05, 0) is 30.2 Å². The van der Waals surface area contributed by atoms with E-state index in [0.29, 0.717) is 0 Å². The van der Waals surface area contributed by atoms with Crippen LogP contribution in [0.5, 0.6) is 5.75 Å². The first kappa shape index (κ1) is 13.6. The van der Waals surface area contributed by atoms with Crippen LogP contribution >= 0.6 is 0 Å². The van der Waals surface area contributed by atoms with Gasteiger partial charge in [-0.25, -0.2) is 0 Å². The van der Waals surface area contributed by atoms with E-state index in [1.807, 2.05) is 12.1 Å². The van der Waals surface area contributed by atoms with Gasteiger partial charge in [-0.2, -0.15) is 0 Å². The van der Waals surface area contributed by atoms with E-state index in [1.54, 1.807) is 7.11 Å². The maximum Gasteiger partial charge on any atom is 0.118 e.